The minimum atomic E-state index is 0.376. The summed E-state index contributed by atoms with van der Waals surface area (Å²) in [7, 11) is 4.19. The number of rotatable bonds is 6. The van der Waals surface area contributed by atoms with E-state index in [9.17, 15) is 0 Å². The molecule has 0 radical (unpaired) electrons. The van der Waals surface area contributed by atoms with E-state index >= 15 is 0 Å². The summed E-state index contributed by atoms with van der Waals surface area (Å²) in [6, 6.07) is 0.376. The van der Waals surface area contributed by atoms with Crippen LogP contribution < -0.4 is 0 Å². The van der Waals surface area contributed by atoms with Gasteiger partial charge in [-0.1, -0.05) is 0 Å². The van der Waals surface area contributed by atoms with Crippen molar-refractivity contribution in [2.45, 2.75) is 59.3 Å². The third kappa shape index (κ3) is 4.07. The van der Waals surface area contributed by atoms with Gasteiger partial charge in [-0.25, -0.2) is 9.97 Å². The number of nitrogens with zero attached hydrogens (tertiary/aromatic N) is 6. The van der Waals surface area contributed by atoms with Crippen LogP contribution in [0.25, 0.3) is 0 Å². The molecule has 0 amide bonds. The predicted octanol–water partition coefficient (Wildman–Crippen LogP) is 2.71. The van der Waals surface area contributed by atoms with Gasteiger partial charge in [-0.2, -0.15) is 5.10 Å². The first-order valence-corrected chi connectivity index (χ1v) is 9.22. The maximum absolute atomic E-state index is 4.84. The van der Waals surface area contributed by atoms with E-state index in [1.54, 1.807) is 0 Å². The van der Waals surface area contributed by atoms with Crippen LogP contribution in [0, 0.1) is 13.8 Å². The van der Waals surface area contributed by atoms with E-state index in [2.05, 4.69) is 54.0 Å². The van der Waals surface area contributed by atoms with Crippen LogP contribution in [-0.2, 0) is 19.6 Å². The molecule has 3 rings (SSSR count). The monoisotopic (exact) mass is 342 g/mol. The van der Waals surface area contributed by atoms with Gasteiger partial charge in [0.05, 0.1) is 17.4 Å². The van der Waals surface area contributed by atoms with Crippen LogP contribution in [0.5, 0.6) is 0 Å². The normalized spacial score (nSPS) is 18.4. The van der Waals surface area contributed by atoms with E-state index in [1.165, 1.54) is 23.2 Å². The van der Waals surface area contributed by atoms with Crippen molar-refractivity contribution in [3.8, 4) is 0 Å². The Morgan fingerprint density at radius 3 is 2.72 bits per heavy atom. The van der Waals surface area contributed by atoms with E-state index in [0.717, 1.165) is 44.1 Å². The van der Waals surface area contributed by atoms with Crippen molar-refractivity contribution >= 4 is 0 Å². The number of hydrogen-bond acceptors (Lipinski definition) is 5. The second kappa shape index (κ2) is 7.62. The summed E-state index contributed by atoms with van der Waals surface area (Å²) in [4.78, 5) is 14.0. The summed E-state index contributed by atoms with van der Waals surface area (Å²) in [6.45, 7) is 10.1. The molecule has 136 valence electrons. The summed E-state index contributed by atoms with van der Waals surface area (Å²) < 4.78 is 2.03. The summed E-state index contributed by atoms with van der Waals surface area (Å²) >= 11 is 0. The molecule has 1 saturated heterocycles. The van der Waals surface area contributed by atoms with E-state index in [-0.39, 0.29) is 0 Å². The first kappa shape index (κ1) is 18.0. The van der Waals surface area contributed by atoms with Gasteiger partial charge in [0.2, 0.25) is 0 Å². The Kier molecular flexibility index (Phi) is 5.49. The second-order valence-electron chi connectivity index (χ2n) is 7.29. The van der Waals surface area contributed by atoms with Crippen LogP contribution in [0.3, 0.4) is 0 Å². The van der Waals surface area contributed by atoms with Gasteiger partial charge in [0.15, 0.2) is 0 Å². The third-order valence-corrected chi connectivity index (χ3v) is 4.93. The molecule has 1 aliphatic rings. The van der Waals surface area contributed by atoms with Crippen molar-refractivity contribution in [1.82, 2.24) is 29.5 Å². The van der Waals surface area contributed by atoms with E-state index in [1.807, 2.05) is 17.8 Å². The van der Waals surface area contributed by atoms with Crippen LogP contribution in [0.15, 0.2) is 12.4 Å². The predicted molar refractivity (Wildman–Crippen MR) is 99.2 cm³/mol. The van der Waals surface area contributed by atoms with Gasteiger partial charge in [-0.05, 0) is 54.3 Å². The van der Waals surface area contributed by atoms with Gasteiger partial charge in [0, 0.05) is 43.2 Å². The maximum atomic E-state index is 4.84. The SMILES string of the molecule is CCn1cc(CN2CCCC2c2nc(C)ncc2CN(C)C)c(C)n1. The van der Waals surface area contributed by atoms with Gasteiger partial charge >= 0.3 is 0 Å². The molecule has 1 fully saturated rings. The standard InChI is InChI=1S/C19H30N6/c1-6-25-13-17(14(2)22-25)12-24-9-7-8-18(24)19-16(11-23(4)5)10-20-15(3)21-19/h10,13,18H,6-9,11-12H2,1-5H3. The molecule has 0 saturated carbocycles. The molecule has 3 heterocycles. The summed E-state index contributed by atoms with van der Waals surface area (Å²) in [6.07, 6.45) is 6.58. The fraction of sp³-hybridized carbons (Fsp3) is 0.632. The number of aryl methyl sites for hydroxylation is 3. The second-order valence-corrected chi connectivity index (χ2v) is 7.29. The van der Waals surface area contributed by atoms with Gasteiger partial charge in [-0.3, -0.25) is 9.58 Å². The van der Waals surface area contributed by atoms with Crippen LogP contribution in [0.2, 0.25) is 0 Å². The Labute approximate surface area is 150 Å². The maximum Gasteiger partial charge on any atom is 0.125 e. The highest BCUT2D eigenvalue weighted by atomic mass is 15.3. The highest BCUT2D eigenvalue weighted by molar-refractivity contribution is 5.23. The van der Waals surface area contributed by atoms with Crippen molar-refractivity contribution in [3.63, 3.8) is 0 Å². The molecule has 2 aromatic rings. The van der Waals surface area contributed by atoms with Crippen LogP contribution in [-0.4, -0.2) is 50.2 Å². The Hall–Kier alpha value is -1.79. The molecule has 1 aliphatic heterocycles. The quantitative estimate of drug-likeness (QED) is 0.808. The van der Waals surface area contributed by atoms with E-state index < -0.39 is 0 Å². The average molecular weight is 342 g/mol. The van der Waals surface area contributed by atoms with Crippen molar-refractivity contribution in [2.24, 2.45) is 0 Å². The molecular weight excluding hydrogens is 312 g/mol. The first-order valence-electron chi connectivity index (χ1n) is 9.22. The van der Waals surface area contributed by atoms with E-state index in [0.29, 0.717) is 6.04 Å². The molecule has 2 aromatic heterocycles. The van der Waals surface area contributed by atoms with Crippen molar-refractivity contribution < 1.29 is 0 Å². The summed E-state index contributed by atoms with van der Waals surface area (Å²) in [5.41, 5.74) is 4.92. The smallest absolute Gasteiger partial charge is 0.125 e. The fourth-order valence-electron chi connectivity index (χ4n) is 3.68. The first-order chi connectivity index (χ1) is 12.0. The molecule has 6 nitrogen and oxygen atoms in total. The largest absolute Gasteiger partial charge is 0.305 e. The van der Waals surface area contributed by atoms with Gasteiger partial charge < -0.3 is 4.90 Å². The van der Waals surface area contributed by atoms with Gasteiger partial charge in [-0.15, -0.1) is 0 Å². The zero-order chi connectivity index (χ0) is 18.0. The van der Waals surface area contributed by atoms with Gasteiger partial charge in [0.25, 0.3) is 0 Å². The molecule has 1 unspecified atom stereocenters. The minimum absolute atomic E-state index is 0.376. The number of aromatic nitrogens is 4. The number of likely N-dealkylation sites (tertiary alicyclic amines) is 1. The van der Waals surface area contributed by atoms with Gasteiger partial charge in [0.1, 0.15) is 5.82 Å². The lowest BCUT2D eigenvalue weighted by Crippen LogP contribution is -2.26. The highest BCUT2D eigenvalue weighted by Crippen LogP contribution is 2.34. The fourth-order valence-corrected chi connectivity index (χ4v) is 3.68. The molecule has 0 spiro atoms. The van der Waals surface area contributed by atoms with Crippen LogP contribution in [0.4, 0.5) is 0 Å². The molecule has 0 N–H and O–H groups in total. The Morgan fingerprint density at radius 1 is 1.24 bits per heavy atom. The summed E-state index contributed by atoms with van der Waals surface area (Å²) in [5, 5.41) is 4.60. The molecule has 0 aliphatic carbocycles. The topological polar surface area (TPSA) is 50.1 Å². The lowest BCUT2D eigenvalue weighted by atomic mass is 10.0. The minimum Gasteiger partial charge on any atom is -0.305 e. The molecule has 0 bridgehead atoms. The van der Waals surface area contributed by atoms with E-state index in [4.69, 9.17) is 4.98 Å². The molecule has 0 aromatic carbocycles. The van der Waals surface area contributed by atoms with Crippen LogP contribution >= 0.6 is 0 Å². The summed E-state index contributed by atoms with van der Waals surface area (Å²) in [5.74, 6) is 0.860. The highest BCUT2D eigenvalue weighted by Gasteiger charge is 2.30. The number of hydrogen-bond donors (Lipinski definition) is 0. The molecular formula is C19H30N6. The van der Waals surface area contributed by atoms with Crippen LogP contribution in [0.1, 0.15) is 54.1 Å². The van der Waals surface area contributed by atoms with Crippen molar-refractivity contribution in [2.75, 3.05) is 20.6 Å². The third-order valence-electron chi connectivity index (χ3n) is 4.93. The lowest BCUT2D eigenvalue weighted by Gasteiger charge is -2.26. The Bertz CT molecular complexity index is 721. The lowest BCUT2D eigenvalue weighted by molar-refractivity contribution is 0.240. The van der Waals surface area contributed by atoms with Crippen molar-refractivity contribution in [3.05, 3.63) is 40.7 Å². The zero-order valence-electron chi connectivity index (χ0n) is 16.2. The Balaban J connectivity index is 1.86. The molecule has 6 heteroatoms. The molecule has 25 heavy (non-hydrogen) atoms. The molecule has 1 atom stereocenters. The zero-order valence-corrected chi connectivity index (χ0v) is 16.2. The average Bonchev–Trinajstić information content (AvgIpc) is 3.16. The Morgan fingerprint density at radius 2 is 2.04 bits per heavy atom. The van der Waals surface area contributed by atoms with Crippen molar-refractivity contribution in [1.29, 1.82) is 0 Å².